The first kappa shape index (κ1) is 33.0. The van der Waals surface area contributed by atoms with E-state index in [1.165, 1.54) is 13.0 Å². The van der Waals surface area contributed by atoms with Gasteiger partial charge in [-0.05, 0) is 12.5 Å². The minimum Gasteiger partial charge on any atom is -0.463 e. The average Bonchev–Trinajstić information content (AvgIpc) is 2.80. The molecule has 0 radical (unpaired) electrons. The summed E-state index contributed by atoms with van der Waals surface area (Å²) in [6, 6.07) is -0.885. The van der Waals surface area contributed by atoms with E-state index in [2.05, 4.69) is 5.32 Å². The lowest BCUT2D eigenvalue weighted by molar-refractivity contribution is -0.256. The van der Waals surface area contributed by atoms with Gasteiger partial charge in [0.25, 0.3) is 0 Å². The van der Waals surface area contributed by atoms with E-state index in [1.807, 2.05) is 0 Å². The Balaban J connectivity index is 2.61. The Kier molecular flexibility index (Phi) is 11.9. The molecule has 1 aliphatic heterocycles. The average molecular weight is 592 g/mol. The van der Waals surface area contributed by atoms with E-state index in [9.17, 15) is 33.9 Å². The van der Waals surface area contributed by atoms with Crippen LogP contribution in [0.25, 0.3) is 0 Å². The van der Waals surface area contributed by atoms with E-state index in [-0.39, 0.29) is 11.5 Å². The molecule has 1 fully saturated rings. The summed E-state index contributed by atoms with van der Waals surface area (Å²) in [4.78, 5) is 71.6. The number of rotatable bonds is 9. The Hall–Kier alpha value is -3.23. The second-order valence-corrected chi connectivity index (χ2v) is 9.87. The van der Waals surface area contributed by atoms with Gasteiger partial charge in [0.05, 0.1) is 12.1 Å². The van der Waals surface area contributed by atoms with Crippen LogP contribution in [-0.2, 0) is 57.2 Å². The first-order valence-corrected chi connectivity index (χ1v) is 12.8. The molecule has 224 valence electrons. The molecule has 0 unspecified atom stereocenters. The second-order valence-electron chi connectivity index (χ2n) is 9.43. The zero-order chi connectivity index (χ0) is 30.3. The van der Waals surface area contributed by atoms with Gasteiger partial charge >= 0.3 is 29.8 Å². The fourth-order valence-corrected chi connectivity index (χ4v) is 5.03. The largest absolute Gasteiger partial charge is 0.463 e. The van der Waals surface area contributed by atoms with E-state index < -0.39 is 97.0 Å². The third kappa shape index (κ3) is 9.17. The molecular weight excluding hydrogens is 558 g/mol. The van der Waals surface area contributed by atoms with Crippen LogP contribution in [0, 0.1) is 5.92 Å². The minimum atomic E-state index is -1.47. The third-order valence-electron chi connectivity index (χ3n) is 6.08. The highest BCUT2D eigenvalue weighted by Gasteiger charge is 2.54. The van der Waals surface area contributed by atoms with Crippen LogP contribution in [0.5, 0.6) is 0 Å². The molecule has 0 aromatic carbocycles. The number of aliphatic hydroxyl groups is 1. The maximum absolute atomic E-state index is 12.1. The van der Waals surface area contributed by atoms with E-state index in [1.54, 1.807) is 0 Å². The summed E-state index contributed by atoms with van der Waals surface area (Å²) in [5, 5.41) is 13.3. The van der Waals surface area contributed by atoms with Gasteiger partial charge in [0, 0.05) is 52.5 Å². The van der Waals surface area contributed by atoms with Gasteiger partial charge in [0.2, 0.25) is 5.91 Å². The van der Waals surface area contributed by atoms with E-state index >= 15 is 0 Å². The van der Waals surface area contributed by atoms with Crippen molar-refractivity contribution in [2.75, 3.05) is 6.61 Å². The number of aliphatic hydroxyl groups excluding tert-OH is 1. The number of amides is 1. The Morgan fingerprint density at radius 3 is 1.73 bits per heavy atom. The number of carbonyl (C=O) groups excluding carboxylic acids is 6. The van der Waals surface area contributed by atoms with Crippen molar-refractivity contribution in [2.24, 2.45) is 5.92 Å². The monoisotopic (exact) mass is 591 g/mol. The standard InChI is InChI=1S/C25H34ClNO13/c1-10(28)27-18-8-17(26)21(34)22(36-12(3)30)16(18)7-19-23(37-13(4)31)25(39-15(6)33)24(38-14(5)32)20(40-19)9-35-11(2)29/h8,16,18-25,34H,7,9H2,1-6H3,(H,27,28)/t16-,18+,19-,20-,21-,22-,23-,24-,25-/m1/s1. The van der Waals surface area contributed by atoms with Crippen molar-refractivity contribution in [1.29, 1.82) is 0 Å². The Morgan fingerprint density at radius 1 is 0.775 bits per heavy atom. The Labute approximate surface area is 235 Å². The quantitative estimate of drug-likeness (QED) is 0.270. The summed E-state index contributed by atoms with van der Waals surface area (Å²) in [5.41, 5.74) is 0. The normalized spacial score (nSPS) is 31.6. The van der Waals surface area contributed by atoms with Gasteiger partial charge < -0.3 is 38.8 Å². The lowest BCUT2D eigenvalue weighted by atomic mass is 9.78. The molecule has 0 bridgehead atoms. The van der Waals surface area contributed by atoms with Crippen LogP contribution >= 0.6 is 11.6 Å². The number of esters is 5. The second kappa shape index (κ2) is 14.4. The maximum Gasteiger partial charge on any atom is 0.303 e. The summed E-state index contributed by atoms with van der Waals surface area (Å²) in [6.45, 7) is 6.37. The third-order valence-corrected chi connectivity index (χ3v) is 6.43. The van der Waals surface area contributed by atoms with Gasteiger partial charge in [-0.3, -0.25) is 28.8 Å². The molecule has 2 aliphatic rings. The van der Waals surface area contributed by atoms with E-state index in [4.69, 9.17) is 40.0 Å². The number of halogens is 1. The molecule has 0 aromatic heterocycles. The summed E-state index contributed by atoms with van der Waals surface area (Å²) < 4.78 is 32.9. The van der Waals surface area contributed by atoms with Gasteiger partial charge in [-0.25, -0.2) is 0 Å². The van der Waals surface area contributed by atoms with Crippen molar-refractivity contribution in [1.82, 2.24) is 5.32 Å². The van der Waals surface area contributed by atoms with Crippen LogP contribution in [0.3, 0.4) is 0 Å². The van der Waals surface area contributed by atoms with Crippen molar-refractivity contribution >= 4 is 47.4 Å². The first-order chi connectivity index (χ1) is 18.6. The van der Waals surface area contributed by atoms with Crippen molar-refractivity contribution in [3.8, 4) is 0 Å². The van der Waals surface area contributed by atoms with Crippen LogP contribution in [-0.4, -0.2) is 96.2 Å². The number of hydrogen-bond donors (Lipinski definition) is 2. The predicted octanol–water partition coefficient (Wildman–Crippen LogP) is 0.0519. The number of ether oxygens (including phenoxy) is 6. The van der Waals surface area contributed by atoms with E-state index in [0.29, 0.717) is 0 Å². The topological polar surface area (TPSA) is 190 Å². The number of nitrogens with one attached hydrogen (secondary N) is 1. The molecule has 40 heavy (non-hydrogen) atoms. The Morgan fingerprint density at radius 2 is 1.25 bits per heavy atom. The molecule has 14 nitrogen and oxygen atoms in total. The predicted molar refractivity (Wildman–Crippen MR) is 133 cm³/mol. The summed E-state index contributed by atoms with van der Waals surface area (Å²) in [5.74, 6) is -5.18. The highest BCUT2D eigenvalue weighted by Crippen LogP contribution is 2.38. The maximum atomic E-state index is 12.1. The highest BCUT2D eigenvalue weighted by molar-refractivity contribution is 6.30. The molecule has 2 rings (SSSR count). The first-order valence-electron chi connectivity index (χ1n) is 12.4. The molecule has 0 spiro atoms. The fraction of sp³-hybridized carbons (Fsp3) is 0.680. The summed E-state index contributed by atoms with van der Waals surface area (Å²) in [7, 11) is 0. The van der Waals surface area contributed by atoms with Crippen LogP contribution in [0.15, 0.2) is 11.1 Å². The van der Waals surface area contributed by atoms with Crippen molar-refractivity contribution in [3.63, 3.8) is 0 Å². The van der Waals surface area contributed by atoms with Gasteiger partial charge in [-0.2, -0.15) is 0 Å². The summed E-state index contributed by atoms with van der Waals surface area (Å²) >= 11 is 6.18. The Bertz CT molecular complexity index is 1030. The fourth-order valence-electron chi connectivity index (χ4n) is 4.77. The van der Waals surface area contributed by atoms with Crippen molar-refractivity contribution < 1.29 is 62.3 Å². The molecule has 1 heterocycles. The smallest absolute Gasteiger partial charge is 0.303 e. The van der Waals surface area contributed by atoms with Gasteiger partial charge in [0.1, 0.15) is 24.9 Å². The summed E-state index contributed by atoms with van der Waals surface area (Å²) in [6.07, 6.45) is -8.08. The molecule has 2 N–H and O–H groups in total. The number of carbonyl (C=O) groups is 6. The molecule has 9 atom stereocenters. The SMILES string of the molecule is CC(=O)N[C@H]1C=C(Cl)[C@@H](O)[C@H](OC(C)=O)[C@@H]1C[C@H]1O[C@H](COC(C)=O)[C@@H](OC(C)=O)[C@H](OC(C)=O)[C@@H]1OC(C)=O. The molecule has 1 aliphatic carbocycles. The number of hydrogen-bond acceptors (Lipinski definition) is 13. The van der Waals surface area contributed by atoms with Crippen LogP contribution in [0.2, 0.25) is 0 Å². The van der Waals surface area contributed by atoms with Gasteiger partial charge in [-0.15, -0.1) is 0 Å². The van der Waals surface area contributed by atoms with E-state index in [0.717, 1.165) is 34.6 Å². The lowest BCUT2D eigenvalue weighted by Crippen LogP contribution is -2.63. The van der Waals surface area contributed by atoms with Gasteiger partial charge in [0.15, 0.2) is 18.3 Å². The molecule has 1 amide bonds. The van der Waals surface area contributed by atoms with Crippen molar-refractivity contribution in [3.05, 3.63) is 11.1 Å². The van der Waals surface area contributed by atoms with Crippen LogP contribution in [0.1, 0.15) is 48.0 Å². The lowest BCUT2D eigenvalue weighted by Gasteiger charge is -2.47. The zero-order valence-corrected chi connectivity index (χ0v) is 23.7. The van der Waals surface area contributed by atoms with Crippen LogP contribution < -0.4 is 5.32 Å². The van der Waals surface area contributed by atoms with Gasteiger partial charge in [-0.1, -0.05) is 11.6 Å². The molecule has 0 aromatic rings. The highest BCUT2D eigenvalue weighted by atomic mass is 35.5. The molecule has 15 heteroatoms. The zero-order valence-electron chi connectivity index (χ0n) is 22.9. The van der Waals surface area contributed by atoms with Crippen molar-refractivity contribution in [2.45, 2.75) is 96.7 Å². The van der Waals surface area contributed by atoms with Crippen LogP contribution in [0.4, 0.5) is 0 Å². The molecule has 0 saturated carbocycles. The molecular formula is C25H34ClNO13. The molecule has 1 saturated heterocycles. The minimum absolute atomic E-state index is 0.0807.